The van der Waals surface area contributed by atoms with Crippen molar-refractivity contribution >= 4 is 12.7 Å². The van der Waals surface area contributed by atoms with Gasteiger partial charge in [-0.2, -0.15) is 0 Å². The van der Waals surface area contributed by atoms with Crippen molar-refractivity contribution in [2.45, 2.75) is 60.3 Å². The third kappa shape index (κ3) is 22.8. The fraction of sp³-hybridized carbons (Fsp3) is 0.846. The van der Waals surface area contributed by atoms with Gasteiger partial charge < -0.3 is 14.9 Å². The molecule has 18 heavy (non-hydrogen) atoms. The van der Waals surface area contributed by atoms with Crippen LogP contribution in [0.25, 0.3) is 5.32 Å². The summed E-state index contributed by atoms with van der Waals surface area (Å²) >= 11 is 0. The first-order valence-electron chi connectivity index (χ1n) is 6.31. The maximum absolute atomic E-state index is 11.0. The fourth-order valence-electron chi connectivity index (χ4n) is 1.21. The third-order valence-corrected chi connectivity index (χ3v) is 1.98. The summed E-state index contributed by atoms with van der Waals surface area (Å²) in [5, 5.41) is 3.93. The second kappa shape index (κ2) is 31.2. The second-order valence-electron chi connectivity index (χ2n) is 2.97. The van der Waals surface area contributed by atoms with Crippen LogP contribution in [0.3, 0.4) is 0 Å². The summed E-state index contributed by atoms with van der Waals surface area (Å²) in [5.41, 5.74) is 0. The van der Waals surface area contributed by atoms with Crippen molar-refractivity contribution in [3.05, 3.63) is 5.32 Å². The van der Waals surface area contributed by atoms with E-state index in [0.717, 1.165) is 19.4 Å². The van der Waals surface area contributed by atoms with E-state index in [1.165, 1.54) is 12.8 Å². The number of hydrogen-bond donors (Lipinski definition) is 0. The van der Waals surface area contributed by atoms with Gasteiger partial charge in [0.2, 0.25) is 0 Å². The topological polar surface area (TPSA) is 48.2 Å². The quantitative estimate of drug-likeness (QED) is 0.499. The molecule has 1 aliphatic rings. The number of rotatable bonds is 0. The molecule has 0 aromatic carbocycles. The summed E-state index contributed by atoms with van der Waals surface area (Å²) < 4.78 is 0. The van der Waals surface area contributed by atoms with Gasteiger partial charge in [-0.15, -0.1) is 6.54 Å². The van der Waals surface area contributed by atoms with Crippen LogP contribution < -0.4 is 58.2 Å². The molecule has 0 aromatic rings. The smallest absolute Gasteiger partial charge is 0.653 e. The predicted octanol–water partition coefficient (Wildman–Crippen LogP) is 0.966. The molecule has 1 rings (SSSR count). The first-order valence-corrected chi connectivity index (χ1v) is 6.31. The van der Waals surface area contributed by atoms with Crippen LogP contribution in [0.4, 0.5) is 0 Å². The minimum absolute atomic E-state index is 0. The second-order valence-corrected chi connectivity index (χ2v) is 2.97. The molecule has 1 aliphatic heterocycles. The van der Waals surface area contributed by atoms with Crippen LogP contribution in [0, 0.1) is 5.92 Å². The normalized spacial score (nSPS) is 16.7. The first-order chi connectivity index (χ1) is 7.80. The van der Waals surface area contributed by atoms with Gasteiger partial charge in [0.05, 0.1) is 5.91 Å². The van der Waals surface area contributed by atoms with E-state index >= 15 is 0 Å². The van der Waals surface area contributed by atoms with Crippen molar-refractivity contribution in [2.24, 2.45) is 5.92 Å². The molecular formula is C13H28NO2RbW. The predicted molar refractivity (Wildman–Crippen MR) is 70.7 cm³/mol. The van der Waals surface area contributed by atoms with Crippen LogP contribution in [-0.4, -0.2) is 19.2 Å². The van der Waals surface area contributed by atoms with Crippen LogP contribution >= 0.6 is 0 Å². The minimum atomic E-state index is 0. The van der Waals surface area contributed by atoms with Gasteiger partial charge in [0.15, 0.2) is 0 Å². The SMILES string of the molecule is C=O.CC.CC.CC1CCCCC[N-]C1=O.[Rb+].[W]. The summed E-state index contributed by atoms with van der Waals surface area (Å²) in [6, 6.07) is 0. The molecule has 1 fully saturated rings. The average Bonchev–Trinajstić information content (AvgIpc) is 2.38. The van der Waals surface area contributed by atoms with Crippen molar-refractivity contribution in [1.82, 2.24) is 0 Å². The maximum atomic E-state index is 11.0. The molecule has 104 valence electrons. The zero-order valence-electron chi connectivity index (χ0n) is 13.0. The van der Waals surface area contributed by atoms with E-state index in [4.69, 9.17) is 4.79 Å². The van der Waals surface area contributed by atoms with Gasteiger partial charge in [0.25, 0.3) is 0 Å². The Labute approximate surface area is 177 Å². The van der Waals surface area contributed by atoms with E-state index in [0.29, 0.717) is 0 Å². The molecule has 1 saturated heterocycles. The molecule has 0 bridgehead atoms. The molecule has 1 atom stereocenters. The Balaban J connectivity index is -0.0000000623. The van der Waals surface area contributed by atoms with E-state index < -0.39 is 0 Å². The van der Waals surface area contributed by atoms with E-state index in [1.54, 1.807) is 0 Å². The molecule has 5 heteroatoms. The Kier molecular flexibility index (Phi) is 55.1. The number of nitrogens with zero attached hydrogens (tertiary/aromatic N) is 1. The van der Waals surface area contributed by atoms with Crippen molar-refractivity contribution in [1.29, 1.82) is 0 Å². The molecule has 0 saturated carbocycles. The molecule has 3 nitrogen and oxygen atoms in total. The first kappa shape index (κ1) is 31.8. The van der Waals surface area contributed by atoms with Crippen molar-refractivity contribution in [2.75, 3.05) is 6.54 Å². The van der Waals surface area contributed by atoms with E-state index in [1.807, 2.05) is 41.4 Å². The van der Waals surface area contributed by atoms with Gasteiger partial charge in [-0.05, 0) is 12.3 Å². The molecule has 1 unspecified atom stereocenters. The van der Waals surface area contributed by atoms with Gasteiger partial charge in [0.1, 0.15) is 6.79 Å². The van der Waals surface area contributed by atoms with Gasteiger partial charge >= 0.3 is 58.2 Å². The number of carbonyl (C=O) groups excluding carboxylic acids is 2. The Hall–Kier alpha value is 1.63. The number of carbonyl (C=O) groups is 2. The summed E-state index contributed by atoms with van der Waals surface area (Å²) in [7, 11) is 0. The van der Waals surface area contributed by atoms with Crippen molar-refractivity contribution < 1.29 is 88.8 Å². The fourth-order valence-corrected chi connectivity index (χ4v) is 1.21. The minimum Gasteiger partial charge on any atom is -0.653 e. The largest absolute Gasteiger partial charge is 1.00 e. The third-order valence-electron chi connectivity index (χ3n) is 1.98. The average molecular weight is 500 g/mol. The number of amides is 1. The summed E-state index contributed by atoms with van der Waals surface area (Å²) in [6.45, 7) is 12.7. The van der Waals surface area contributed by atoms with Crippen LogP contribution in [0.1, 0.15) is 60.3 Å². The van der Waals surface area contributed by atoms with Crippen molar-refractivity contribution in [3.8, 4) is 0 Å². The molecule has 0 aromatic heterocycles. The van der Waals surface area contributed by atoms with Crippen molar-refractivity contribution in [3.63, 3.8) is 0 Å². The Morgan fingerprint density at radius 2 is 1.50 bits per heavy atom. The van der Waals surface area contributed by atoms with E-state index in [9.17, 15) is 4.79 Å². The van der Waals surface area contributed by atoms with Crippen LogP contribution in [-0.2, 0) is 30.7 Å². The summed E-state index contributed by atoms with van der Waals surface area (Å²) in [5.74, 6) is 0.292. The molecule has 0 spiro atoms. The van der Waals surface area contributed by atoms with Crippen LogP contribution in [0.15, 0.2) is 0 Å². The van der Waals surface area contributed by atoms with Gasteiger partial charge in [-0.25, -0.2) is 0 Å². The summed E-state index contributed by atoms with van der Waals surface area (Å²) in [6.07, 6.45) is 4.56. The summed E-state index contributed by atoms with van der Waals surface area (Å²) in [4.78, 5) is 19.0. The van der Waals surface area contributed by atoms with E-state index in [2.05, 4.69) is 5.32 Å². The standard InChI is InChI=1S/C8H15NO.2C2H6.CH2O.Rb.W/c1-7-5-3-2-4-6-9-8(7)10;3*1-2;;/h7H,2-6H2,1H3,(H,9,10);2*1-2H3;1H2;;/q;;;;+1;/p-1. The molecule has 0 N–H and O–H groups in total. The molecular weight excluding hydrogens is 471 g/mol. The van der Waals surface area contributed by atoms with Gasteiger partial charge in [-0.1, -0.05) is 53.9 Å². The number of hydrogen-bond acceptors (Lipinski definition) is 2. The molecule has 0 aliphatic carbocycles. The molecule has 1 amide bonds. The van der Waals surface area contributed by atoms with Crippen LogP contribution in [0.2, 0.25) is 0 Å². The zero-order valence-corrected chi connectivity index (χ0v) is 20.8. The zero-order chi connectivity index (χ0) is 13.4. The Morgan fingerprint density at radius 3 is 1.94 bits per heavy atom. The van der Waals surface area contributed by atoms with Gasteiger partial charge in [0, 0.05) is 21.1 Å². The van der Waals surface area contributed by atoms with E-state index in [-0.39, 0.29) is 91.1 Å². The maximum Gasteiger partial charge on any atom is 1.00 e. The molecule has 0 radical (unpaired) electrons. The monoisotopic (exact) mass is 499 g/mol. The van der Waals surface area contributed by atoms with Crippen LogP contribution in [0.5, 0.6) is 0 Å². The van der Waals surface area contributed by atoms with Gasteiger partial charge in [-0.3, -0.25) is 0 Å². The Bertz CT molecular complexity index is 149. The Morgan fingerprint density at radius 1 is 1.06 bits per heavy atom. The molecule has 1 heterocycles.